The van der Waals surface area contributed by atoms with Crippen molar-refractivity contribution in [2.24, 2.45) is 0 Å². The average Bonchev–Trinajstić information content (AvgIpc) is 3.25. The summed E-state index contributed by atoms with van der Waals surface area (Å²) in [5.41, 5.74) is 0.300. The molecule has 0 aliphatic carbocycles. The van der Waals surface area contributed by atoms with E-state index in [-0.39, 0.29) is 22.1 Å². The summed E-state index contributed by atoms with van der Waals surface area (Å²) >= 11 is 0.549. The SMILES string of the molecule is O=C(O)CCN1C(=O)C(=Cc2ccc(-c3cccc([N+](=O)[O-])c3)o2)SC1S(=O)(=O)O. The van der Waals surface area contributed by atoms with Crippen LogP contribution in [-0.2, 0) is 19.7 Å². The topological polar surface area (TPSA) is 168 Å². The maximum atomic E-state index is 12.5. The highest BCUT2D eigenvalue weighted by atomic mass is 32.3. The van der Waals surface area contributed by atoms with E-state index in [2.05, 4.69) is 0 Å². The first-order valence-corrected chi connectivity index (χ1v) is 10.7. The first-order chi connectivity index (χ1) is 14.1. The van der Waals surface area contributed by atoms with Crippen molar-refractivity contribution in [3.8, 4) is 11.3 Å². The number of benzene rings is 1. The molecular weight excluding hydrogens is 440 g/mol. The Morgan fingerprint density at radius 3 is 2.70 bits per heavy atom. The molecule has 1 amide bonds. The largest absolute Gasteiger partial charge is 0.481 e. The maximum absolute atomic E-state index is 12.5. The first kappa shape index (κ1) is 21.5. The van der Waals surface area contributed by atoms with E-state index in [4.69, 9.17) is 9.52 Å². The van der Waals surface area contributed by atoms with Gasteiger partial charge in [-0.2, -0.15) is 8.42 Å². The maximum Gasteiger partial charge on any atom is 0.305 e. The Kier molecular flexibility index (Phi) is 5.96. The summed E-state index contributed by atoms with van der Waals surface area (Å²) in [7, 11) is -4.67. The zero-order chi connectivity index (χ0) is 22.1. The normalized spacial score (nSPS) is 18.2. The lowest BCUT2D eigenvalue weighted by Gasteiger charge is -2.19. The number of hydrogen-bond acceptors (Lipinski definition) is 8. The van der Waals surface area contributed by atoms with Gasteiger partial charge in [0.15, 0.2) is 0 Å². The van der Waals surface area contributed by atoms with Crippen LogP contribution in [0.5, 0.6) is 0 Å². The van der Waals surface area contributed by atoms with Gasteiger partial charge >= 0.3 is 5.97 Å². The molecule has 1 aliphatic rings. The lowest BCUT2D eigenvalue weighted by Crippen LogP contribution is -2.38. The second kappa shape index (κ2) is 8.30. The van der Waals surface area contributed by atoms with Crippen LogP contribution in [0, 0.1) is 10.1 Å². The zero-order valence-corrected chi connectivity index (χ0v) is 16.6. The van der Waals surface area contributed by atoms with Crippen LogP contribution in [0.25, 0.3) is 17.4 Å². The van der Waals surface area contributed by atoms with Gasteiger partial charge in [0.25, 0.3) is 21.7 Å². The molecule has 30 heavy (non-hydrogen) atoms. The molecule has 0 saturated carbocycles. The number of carbonyl (C=O) groups excluding carboxylic acids is 1. The highest BCUT2D eigenvalue weighted by Gasteiger charge is 2.43. The van der Waals surface area contributed by atoms with Crippen molar-refractivity contribution in [2.75, 3.05) is 6.54 Å². The second-order valence-electron chi connectivity index (χ2n) is 6.10. The summed E-state index contributed by atoms with van der Waals surface area (Å²) in [4.78, 5) is 34.3. The molecule has 2 heterocycles. The van der Waals surface area contributed by atoms with Crippen LogP contribution >= 0.6 is 11.8 Å². The molecule has 2 aromatic rings. The van der Waals surface area contributed by atoms with Crippen molar-refractivity contribution in [3.05, 3.63) is 57.2 Å². The van der Waals surface area contributed by atoms with E-state index >= 15 is 0 Å². The fourth-order valence-electron chi connectivity index (χ4n) is 2.69. The van der Waals surface area contributed by atoms with Gasteiger partial charge in [0.2, 0.25) is 4.71 Å². The van der Waals surface area contributed by atoms with Gasteiger partial charge in [-0.3, -0.25) is 24.3 Å². The molecule has 1 aromatic carbocycles. The molecule has 1 aliphatic heterocycles. The van der Waals surface area contributed by atoms with Crippen LogP contribution in [0.3, 0.4) is 0 Å². The fraction of sp³-hybridized carbons (Fsp3) is 0.176. The number of rotatable bonds is 7. The summed E-state index contributed by atoms with van der Waals surface area (Å²) in [6, 6.07) is 8.73. The summed E-state index contributed by atoms with van der Waals surface area (Å²) in [5, 5.41) is 19.7. The Morgan fingerprint density at radius 2 is 2.07 bits per heavy atom. The van der Waals surface area contributed by atoms with E-state index in [1.165, 1.54) is 36.4 Å². The minimum Gasteiger partial charge on any atom is -0.481 e. The number of hydrogen-bond donors (Lipinski definition) is 2. The molecule has 1 atom stereocenters. The lowest BCUT2D eigenvalue weighted by molar-refractivity contribution is -0.384. The number of furan rings is 1. The third-order valence-electron chi connectivity index (χ3n) is 4.02. The Bertz CT molecular complexity index is 1150. The number of thioether (sulfide) groups is 1. The van der Waals surface area contributed by atoms with Crippen molar-refractivity contribution < 1.29 is 37.0 Å². The van der Waals surface area contributed by atoms with Crippen molar-refractivity contribution in [1.29, 1.82) is 0 Å². The third kappa shape index (κ3) is 4.69. The number of carbonyl (C=O) groups is 2. The quantitative estimate of drug-likeness (QED) is 0.274. The molecule has 0 bridgehead atoms. The number of carboxylic acid groups (broad SMARTS) is 1. The molecule has 1 unspecified atom stereocenters. The third-order valence-corrected chi connectivity index (χ3v) is 6.80. The molecule has 2 N–H and O–H groups in total. The summed E-state index contributed by atoms with van der Waals surface area (Å²) in [5.74, 6) is -1.54. The van der Waals surface area contributed by atoms with Crippen molar-refractivity contribution >= 4 is 45.5 Å². The number of nitrogens with zero attached hydrogens (tertiary/aromatic N) is 2. The lowest BCUT2D eigenvalue weighted by atomic mass is 10.1. The van der Waals surface area contributed by atoms with Gasteiger partial charge in [0.05, 0.1) is 16.2 Å². The standard InChI is InChI=1S/C17H14N2O9S2/c20-15(21)6-7-18-16(22)14(29-17(18)30(25,26)27)9-12-4-5-13(28-12)10-2-1-3-11(8-10)19(23)24/h1-5,8-9,17H,6-7H2,(H,20,21)(H,25,26,27). The van der Waals surface area contributed by atoms with E-state index < -0.39 is 44.6 Å². The summed E-state index contributed by atoms with van der Waals surface area (Å²) < 4.78 is 36.5. The molecular formula is C17H14N2O9S2. The molecule has 3 rings (SSSR count). The van der Waals surface area contributed by atoms with Gasteiger partial charge in [0.1, 0.15) is 11.5 Å². The van der Waals surface area contributed by atoms with Crippen LogP contribution in [0.2, 0.25) is 0 Å². The molecule has 158 valence electrons. The highest BCUT2D eigenvalue weighted by Crippen LogP contribution is 2.39. The minimum absolute atomic E-state index is 0.0667. The Morgan fingerprint density at radius 1 is 1.33 bits per heavy atom. The number of nitro benzene ring substituents is 1. The first-order valence-electron chi connectivity index (χ1n) is 8.28. The van der Waals surface area contributed by atoms with Gasteiger partial charge in [-0.1, -0.05) is 23.9 Å². The Balaban J connectivity index is 1.88. The van der Waals surface area contributed by atoms with Gasteiger partial charge in [-0.15, -0.1) is 0 Å². The molecule has 13 heteroatoms. The second-order valence-corrected chi connectivity index (χ2v) is 9.00. The Hall–Kier alpha value is -3.16. The molecule has 1 saturated heterocycles. The number of amides is 1. The van der Waals surface area contributed by atoms with Crippen LogP contribution in [0.4, 0.5) is 5.69 Å². The highest BCUT2D eigenvalue weighted by molar-refractivity contribution is 8.15. The van der Waals surface area contributed by atoms with Crippen molar-refractivity contribution in [1.82, 2.24) is 4.90 Å². The van der Waals surface area contributed by atoms with E-state index in [0.29, 0.717) is 17.3 Å². The van der Waals surface area contributed by atoms with Crippen LogP contribution < -0.4 is 0 Å². The van der Waals surface area contributed by atoms with E-state index in [1.807, 2.05) is 0 Å². The van der Waals surface area contributed by atoms with Crippen molar-refractivity contribution in [3.63, 3.8) is 0 Å². The smallest absolute Gasteiger partial charge is 0.305 e. The zero-order valence-electron chi connectivity index (χ0n) is 15.0. The monoisotopic (exact) mass is 454 g/mol. The van der Waals surface area contributed by atoms with E-state index in [0.717, 1.165) is 4.90 Å². The van der Waals surface area contributed by atoms with Gasteiger partial charge in [-0.25, -0.2) is 0 Å². The number of carboxylic acids is 1. The molecule has 0 radical (unpaired) electrons. The minimum atomic E-state index is -4.67. The predicted octanol–water partition coefficient (Wildman–Crippen LogP) is 2.42. The number of aliphatic carboxylic acids is 1. The van der Waals surface area contributed by atoms with Crippen LogP contribution in [-0.4, -0.2) is 51.0 Å². The summed E-state index contributed by atoms with van der Waals surface area (Å²) in [6.07, 6.45) is 0.760. The molecule has 1 aromatic heterocycles. The molecule has 11 nitrogen and oxygen atoms in total. The summed E-state index contributed by atoms with van der Waals surface area (Å²) in [6.45, 7) is -0.403. The van der Waals surface area contributed by atoms with Crippen LogP contribution in [0.1, 0.15) is 12.2 Å². The van der Waals surface area contributed by atoms with Crippen LogP contribution in [0.15, 0.2) is 45.7 Å². The predicted molar refractivity (Wildman–Crippen MR) is 106 cm³/mol. The van der Waals surface area contributed by atoms with E-state index in [9.17, 15) is 32.7 Å². The van der Waals surface area contributed by atoms with Gasteiger partial charge < -0.3 is 14.4 Å². The fourth-order valence-corrected chi connectivity index (χ4v) is 4.96. The molecule has 1 fully saturated rings. The molecule has 0 spiro atoms. The number of nitro groups is 1. The van der Waals surface area contributed by atoms with Gasteiger partial charge in [-0.05, 0) is 12.1 Å². The van der Waals surface area contributed by atoms with Gasteiger partial charge in [0, 0.05) is 30.3 Å². The Labute approximate surface area is 173 Å². The number of non-ortho nitro benzene ring substituents is 1. The van der Waals surface area contributed by atoms with Crippen molar-refractivity contribution in [2.45, 2.75) is 11.1 Å². The average molecular weight is 454 g/mol. The van der Waals surface area contributed by atoms with E-state index in [1.54, 1.807) is 6.07 Å².